The Morgan fingerprint density at radius 3 is 2.80 bits per heavy atom. The van der Waals surface area contributed by atoms with Crippen LogP contribution in [0.3, 0.4) is 0 Å². The second kappa shape index (κ2) is 7.04. The summed E-state index contributed by atoms with van der Waals surface area (Å²) >= 11 is 0. The molecule has 156 valence electrons. The summed E-state index contributed by atoms with van der Waals surface area (Å²) in [5.74, 6) is 1.32. The number of phenolic OH excluding ortho intramolecular Hbond substituents is 1. The molecule has 8 heteroatoms. The minimum Gasteiger partial charge on any atom is -0.507 e. The second-order valence-electron chi connectivity index (χ2n) is 8.62. The predicted octanol–water partition coefficient (Wildman–Crippen LogP) is 3.06. The van der Waals surface area contributed by atoms with Crippen LogP contribution >= 0.6 is 0 Å². The van der Waals surface area contributed by atoms with E-state index in [9.17, 15) is 14.3 Å². The molecule has 2 aromatic heterocycles. The molecule has 4 atom stereocenters. The van der Waals surface area contributed by atoms with Crippen LogP contribution in [-0.2, 0) is 7.05 Å². The lowest BCUT2D eigenvalue weighted by molar-refractivity contribution is 0.144. The third-order valence-electron chi connectivity index (χ3n) is 6.79. The number of fused-ring (bicyclic) bond motifs is 3. The Morgan fingerprint density at radius 2 is 2.03 bits per heavy atom. The Hall–Kier alpha value is -3.03. The number of nitrogens with zero attached hydrogens (tertiary/aromatic N) is 5. The molecule has 0 amide bonds. The van der Waals surface area contributed by atoms with Crippen molar-refractivity contribution in [3.63, 3.8) is 0 Å². The first-order valence-corrected chi connectivity index (χ1v) is 10.3. The van der Waals surface area contributed by atoms with Gasteiger partial charge in [-0.2, -0.15) is 0 Å². The maximum absolute atomic E-state index is 14.9. The number of alkyl halides is 1. The summed E-state index contributed by atoms with van der Waals surface area (Å²) in [6.07, 6.45) is 4.57. The summed E-state index contributed by atoms with van der Waals surface area (Å²) in [6, 6.07) is 6.42. The van der Waals surface area contributed by atoms with E-state index in [4.69, 9.17) is 0 Å². The molecule has 2 bridgehead atoms. The smallest absolute Gasteiger partial charge is 0.261 e. The number of aryl methyl sites for hydroxylation is 1. The number of hydrogen-bond acceptors (Lipinski definition) is 6. The first-order chi connectivity index (χ1) is 14.4. The van der Waals surface area contributed by atoms with Crippen LogP contribution in [0.25, 0.3) is 22.2 Å². The van der Waals surface area contributed by atoms with Crippen LogP contribution in [0.4, 0.5) is 10.2 Å². The first-order valence-electron chi connectivity index (χ1n) is 10.3. The summed E-state index contributed by atoms with van der Waals surface area (Å²) in [5.41, 5.74) is 1.16. The van der Waals surface area contributed by atoms with Crippen molar-refractivity contribution in [2.45, 2.75) is 37.9 Å². The van der Waals surface area contributed by atoms with Gasteiger partial charge in [0, 0.05) is 19.7 Å². The van der Waals surface area contributed by atoms with E-state index in [-0.39, 0.29) is 23.3 Å². The Kier molecular flexibility index (Phi) is 4.45. The average molecular weight is 409 g/mol. The van der Waals surface area contributed by atoms with Crippen molar-refractivity contribution < 1.29 is 9.50 Å². The Labute approximate surface area is 173 Å². The number of halogens is 1. The molecule has 1 aromatic carbocycles. The maximum Gasteiger partial charge on any atom is 0.261 e. The van der Waals surface area contributed by atoms with Gasteiger partial charge in [-0.25, -0.2) is 9.37 Å². The van der Waals surface area contributed by atoms with Gasteiger partial charge < -0.3 is 14.6 Å². The molecule has 3 aromatic rings. The standard InChI is InChI=1S/C22H24FN5O2/c1-27-11-24-17-9-14(19(29)10-15(17)22(27)30)16-5-6-20(26-25-16)28(2)18-8-12-3-4-13(7-12)21(18)23/h5-6,9-13,18,21,29H,3-4,7-8H2,1-2H3/t12-,13+,18+,21-/m0/s1. The Bertz CT molecular complexity index is 1160. The van der Waals surface area contributed by atoms with Crippen LogP contribution in [0, 0.1) is 11.8 Å². The van der Waals surface area contributed by atoms with E-state index < -0.39 is 6.17 Å². The fourth-order valence-electron chi connectivity index (χ4n) is 5.05. The molecule has 0 aliphatic heterocycles. The minimum absolute atomic E-state index is 0.0596. The van der Waals surface area contributed by atoms with Crippen LogP contribution in [-0.4, -0.2) is 44.1 Å². The average Bonchev–Trinajstić information content (AvgIpc) is 3.17. The van der Waals surface area contributed by atoms with Crippen molar-refractivity contribution in [2.75, 3.05) is 11.9 Å². The Morgan fingerprint density at radius 1 is 1.20 bits per heavy atom. The lowest BCUT2D eigenvalue weighted by Crippen LogP contribution is -2.46. The summed E-state index contributed by atoms with van der Waals surface area (Å²) in [7, 11) is 3.49. The highest BCUT2D eigenvalue weighted by molar-refractivity contribution is 5.86. The van der Waals surface area contributed by atoms with Crippen LogP contribution in [0.1, 0.15) is 25.7 Å². The molecule has 30 heavy (non-hydrogen) atoms. The van der Waals surface area contributed by atoms with Crippen LogP contribution in [0.5, 0.6) is 5.75 Å². The molecular formula is C22H24FN5O2. The van der Waals surface area contributed by atoms with Crippen molar-refractivity contribution >= 4 is 16.7 Å². The highest BCUT2D eigenvalue weighted by Crippen LogP contribution is 2.45. The molecule has 2 saturated carbocycles. The number of hydrogen-bond donors (Lipinski definition) is 1. The van der Waals surface area contributed by atoms with Gasteiger partial charge in [0.1, 0.15) is 11.9 Å². The molecule has 0 radical (unpaired) electrons. The van der Waals surface area contributed by atoms with Gasteiger partial charge in [0.25, 0.3) is 5.56 Å². The predicted molar refractivity (Wildman–Crippen MR) is 112 cm³/mol. The van der Waals surface area contributed by atoms with E-state index in [1.165, 1.54) is 17.0 Å². The van der Waals surface area contributed by atoms with Crippen LogP contribution in [0.15, 0.2) is 35.4 Å². The van der Waals surface area contributed by atoms with Gasteiger partial charge in [-0.3, -0.25) is 4.79 Å². The molecule has 2 aliphatic carbocycles. The minimum atomic E-state index is -0.839. The van der Waals surface area contributed by atoms with Crippen LogP contribution in [0.2, 0.25) is 0 Å². The molecule has 2 heterocycles. The third-order valence-corrected chi connectivity index (χ3v) is 6.79. The zero-order valence-electron chi connectivity index (χ0n) is 17.0. The number of aromatic nitrogens is 4. The van der Waals surface area contributed by atoms with Crippen molar-refractivity contribution in [2.24, 2.45) is 18.9 Å². The summed E-state index contributed by atoms with van der Waals surface area (Å²) < 4.78 is 16.3. The topological polar surface area (TPSA) is 84.1 Å². The second-order valence-corrected chi connectivity index (χ2v) is 8.62. The van der Waals surface area contributed by atoms with E-state index in [2.05, 4.69) is 15.2 Å². The zero-order chi connectivity index (χ0) is 21.0. The molecule has 7 nitrogen and oxygen atoms in total. The summed E-state index contributed by atoms with van der Waals surface area (Å²) in [4.78, 5) is 18.4. The normalized spacial score (nSPS) is 25.6. The highest BCUT2D eigenvalue weighted by Gasteiger charge is 2.44. The lowest BCUT2D eigenvalue weighted by Gasteiger charge is -2.38. The fraction of sp³-hybridized carbons (Fsp3) is 0.455. The number of benzene rings is 1. The van der Waals surface area contributed by atoms with Gasteiger partial charge in [-0.15, -0.1) is 10.2 Å². The zero-order valence-corrected chi connectivity index (χ0v) is 17.0. The Balaban J connectivity index is 1.44. The monoisotopic (exact) mass is 409 g/mol. The summed E-state index contributed by atoms with van der Waals surface area (Å²) in [5, 5.41) is 19.4. The van der Waals surface area contributed by atoms with Crippen molar-refractivity contribution in [1.82, 2.24) is 19.7 Å². The van der Waals surface area contributed by atoms with Crippen molar-refractivity contribution in [3.8, 4) is 17.0 Å². The van der Waals surface area contributed by atoms with Gasteiger partial charge in [0.05, 0.1) is 29.0 Å². The van der Waals surface area contributed by atoms with E-state index in [0.717, 1.165) is 25.7 Å². The van der Waals surface area contributed by atoms with Gasteiger partial charge >= 0.3 is 0 Å². The van der Waals surface area contributed by atoms with E-state index in [0.29, 0.717) is 33.9 Å². The number of rotatable bonds is 3. The van der Waals surface area contributed by atoms with Gasteiger partial charge in [-0.05, 0) is 61.8 Å². The van der Waals surface area contributed by atoms with Crippen LogP contribution < -0.4 is 10.5 Å². The highest BCUT2D eigenvalue weighted by atomic mass is 19.1. The number of aromatic hydroxyl groups is 1. The molecule has 2 fully saturated rings. The molecule has 0 unspecified atom stereocenters. The van der Waals surface area contributed by atoms with Crippen molar-refractivity contribution in [3.05, 3.63) is 40.9 Å². The van der Waals surface area contributed by atoms with E-state index in [1.807, 2.05) is 11.9 Å². The summed E-state index contributed by atoms with van der Waals surface area (Å²) in [6.45, 7) is 0. The van der Waals surface area contributed by atoms with Crippen molar-refractivity contribution in [1.29, 1.82) is 0 Å². The molecular weight excluding hydrogens is 385 g/mol. The number of anilines is 1. The lowest BCUT2D eigenvalue weighted by atomic mass is 9.83. The van der Waals surface area contributed by atoms with Gasteiger partial charge in [-0.1, -0.05) is 0 Å². The third kappa shape index (κ3) is 3.02. The quantitative estimate of drug-likeness (QED) is 0.716. The molecule has 0 spiro atoms. The molecule has 2 aliphatic rings. The maximum atomic E-state index is 14.9. The molecule has 5 rings (SSSR count). The fourth-order valence-corrected chi connectivity index (χ4v) is 5.05. The number of phenols is 1. The SMILES string of the molecule is CN(c1ccc(-c2cc3ncn(C)c(=O)c3cc2O)nn1)[C@@H]1C[C@H]2CC[C@H](C2)[C@@H]1F. The van der Waals surface area contributed by atoms with E-state index >= 15 is 0 Å². The largest absolute Gasteiger partial charge is 0.507 e. The molecule has 1 N–H and O–H groups in total. The first kappa shape index (κ1) is 19.0. The molecule has 0 saturated heterocycles. The van der Waals surface area contributed by atoms with Gasteiger partial charge in [0.2, 0.25) is 0 Å². The van der Waals surface area contributed by atoms with Gasteiger partial charge in [0.15, 0.2) is 5.82 Å². The van der Waals surface area contributed by atoms with E-state index in [1.54, 1.807) is 25.2 Å².